The molecule has 0 aromatic heterocycles. The Balaban J connectivity index is 2.94. The zero-order chi connectivity index (χ0) is 11.3. The van der Waals surface area contributed by atoms with Gasteiger partial charge in [0, 0.05) is 5.57 Å². The molecule has 0 bridgehead atoms. The number of rotatable bonds is 4. The molecule has 0 unspecified atom stereocenters. The minimum atomic E-state index is -1.21. The van der Waals surface area contributed by atoms with Crippen LogP contribution in [0, 0.1) is 0 Å². The van der Waals surface area contributed by atoms with Gasteiger partial charge in [-0.1, -0.05) is 30.3 Å². The highest BCUT2D eigenvalue weighted by Gasteiger charge is 2.11. The fourth-order valence-corrected chi connectivity index (χ4v) is 1.10. The Morgan fingerprint density at radius 1 is 1.13 bits per heavy atom. The number of carboxylic acid groups (broad SMARTS) is 2. The minimum absolute atomic E-state index is 0.131. The molecule has 0 saturated heterocycles. The lowest BCUT2D eigenvalue weighted by atomic mass is 10.1. The van der Waals surface area contributed by atoms with Crippen molar-refractivity contribution in [2.24, 2.45) is 0 Å². The summed E-state index contributed by atoms with van der Waals surface area (Å²) in [5.74, 6) is -2.36. The largest absolute Gasteiger partial charge is 0.481 e. The SMILES string of the molecule is O=C(O)C/C(=C/c1ccccc1)C(=O)O. The molecule has 0 heterocycles. The Kier molecular flexibility index (Phi) is 3.62. The average Bonchev–Trinajstić information content (AvgIpc) is 2.17. The van der Waals surface area contributed by atoms with E-state index in [1.54, 1.807) is 30.3 Å². The Morgan fingerprint density at radius 3 is 2.20 bits per heavy atom. The molecule has 0 saturated carbocycles. The zero-order valence-electron chi connectivity index (χ0n) is 7.88. The predicted octanol–water partition coefficient (Wildman–Crippen LogP) is 1.63. The van der Waals surface area contributed by atoms with E-state index in [1.807, 2.05) is 0 Å². The van der Waals surface area contributed by atoms with Crippen LogP contribution in [0.25, 0.3) is 6.08 Å². The molecule has 0 atom stereocenters. The summed E-state index contributed by atoms with van der Waals surface area (Å²) in [6, 6.07) is 8.74. The molecule has 4 nitrogen and oxygen atoms in total. The molecule has 0 aliphatic carbocycles. The van der Waals surface area contributed by atoms with Crippen molar-refractivity contribution in [3.05, 3.63) is 41.5 Å². The van der Waals surface area contributed by atoms with E-state index >= 15 is 0 Å². The molecular formula is C11H10O4. The van der Waals surface area contributed by atoms with Crippen molar-refractivity contribution in [1.82, 2.24) is 0 Å². The van der Waals surface area contributed by atoms with Crippen LogP contribution >= 0.6 is 0 Å². The van der Waals surface area contributed by atoms with Crippen molar-refractivity contribution in [1.29, 1.82) is 0 Å². The fraction of sp³-hybridized carbons (Fsp3) is 0.0909. The van der Waals surface area contributed by atoms with Crippen LogP contribution in [-0.4, -0.2) is 22.2 Å². The first-order valence-electron chi connectivity index (χ1n) is 4.30. The van der Waals surface area contributed by atoms with Gasteiger partial charge in [0.2, 0.25) is 0 Å². The molecule has 4 heteroatoms. The van der Waals surface area contributed by atoms with Gasteiger partial charge in [0.15, 0.2) is 0 Å². The van der Waals surface area contributed by atoms with Crippen molar-refractivity contribution < 1.29 is 19.8 Å². The average molecular weight is 206 g/mol. The molecule has 1 aromatic rings. The Morgan fingerprint density at radius 2 is 1.73 bits per heavy atom. The van der Waals surface area contributed by atoms with E-state index in [0.29, 0.717) is 5.56 Å². The smallest absolute Gasteiger partial charge is 0.332 e. The Hall–Kier alpha value is -2.10. The molecule has 0 amide bonds. The zero-order valence-corrected chi connectivity index (χ0v) is 7.88. The molecular weight excluding hydrogens is 196 g/mol. The second kappa shape index (κ2) is 4.95. The van der Waals surface area contributed by atoms with Gasteiger partial charge in [-0.25, -0.2) is 4.79 Å². The molecule has 0 fully saturated rings. The Labute approximate surface area is 86.5 Å². The maximum Gasteiger partial charge on any atom is 0.332 e. The van der Waals surface area contributed by atoms with Crippen LogP contribution in [-0.2, 0) is 9.59 Å². The second-order valence-electron chi connectivity index (χ2n) is 2.96. The molecule has 0 aliphatic heterocycles. The summed E-state index contributed by atoms with van der Waals surface area (Å²) in [7, 11) is 0. The Bertz CT molecular complexity index is 392. The second-order valence-corrected chi connectivity index (χ2v) is 2.96. The number of carbonyl (C=O) groups is 2. The molecule has 0 aliphatic rings. The van der Waals surface area contributed by atoms with Crippen LogP contribution in [0.3, 0.4) is 0 Å². The molecule has 0 radical (unpaired) electrons. The van der Waals surface area contributed by atoms with E-state index in [1.165, 1.54) is 6.08 Å². The summed E-state index contributed by atoms with van der Waals surface area (Å²) in [5.41, 5.74) is 0.546. The van der Waals surface area contributed by atoms with Gasteiger partial charge < -0.3 is 10.2 Å². The van der Waals surface area contributed by atoms with Crippen molar-refractivity contribution >= 4 is 18.0 Å². The van der Waals surface area contributed by atoms with Crippen LogP contribution in [0.1, 0.15) is 12.0 Å². The first-order valence-corrected chi connectivity index (χ1v) is 4.30. The lowest BCUT2D eigenvalue weighted by molar-refractivity contribution is -0.139. The van der Waals surface area contributed by atoms with Gasteiger partial charge in [0.05, 0.1) is 6.42 Å². The fourth-order valence-electron chi connectivity index (χ4n) is 1.10. The molecule has 0 spiro atoms. The van der Waals surface area contributed by atoms with Crippen LogP contribution in [0.15, 0.2) is 35.9 Å². The van der Waals surface area contributed by atoms with E-state index in [2.05, 4.69) is 0 Å². The lowest BCUT2D eigenvalue weighted by Gasteiger charge is -1.98. The molecule has 15 heavy (non-hydrogen) atoms. The molecule has 78 valence electrons. The summed E-state index contributed by atoms with van der Waals surface area (Å²) in [6.07, 6.45) is 0.876. The number of hydrogen-bond donors (Lipinski definition) is 2. The van der Waals surface area contributed by atoms with Gasteiger partial charge in [0.1, 0.15) is 0 Å². The summed E-state index contributed by atoms with van der Waals surface area (Å²) >= 11 is 0. The van der Waals surface area contributed by atoms with E-state index in [0.717, 1.165) is 0 Å². The monoisotopic (exact) mass is 206 g/mol. The van der Waals surface area contributed by atoms with E-state index in [9.17, 15) is 9.59 Å². The van der Waals surface area contributed by atoms with Crippen LogP contribution < -0.4 is 0 Å². The van der Waals surface area contributed by atoms with Crippen molar-refractivity contribution in [3.63, 3.8) is 0 Å². The van der Waals surface area contributed by atoms with E-state index in [4.69, 9.17) is 10.2 Å². The standard InChI is InChI=1S/C11H10O4/c12-10(13)7-9(11(14)15)6-8-4-2-1-3-5-8/h1-6H,7H2,(H,12,13)(H,14,15)/b9-6-. The van der Waals surface area contributed by atoms with Gasteiger partial charge >= 0.3 is 11.9 Å². The summed E-state index contributed by atoms with van der Waals surface area (Å²) in [4.78, 5) is 21.1. The molecule has 1 aromatic carbocycles. The van der Waals surface area contributed by atoms with Gasteiger partial charge in [-0.05, 0) is 11.6 Å². The maximum atomic E-state index is 10.7. The first-order chi connectivity index (χ1) is 7.09. The minimum Gasteiger partial charge on any atom is -0.481 e. The predicted molar refractivity (Wildman–Crippen MR) is 54.3 cm³/mol. The highest BCUT2D eigenvalue weighted by atomic mass is 16.4. The third-order valence-corrected chi connectivity index (χ3v) is 1.76. The van der Waals surface area contributed by atoms with Gasteiger partial charge in [-0.2, -0.15) is 0 Å². The molecule has 1 rings (SSSR count). The van der Waals surface area contributed by atoms with Gasteiger partial charge in [-0.15, -0.1) is 0 Å². The van der Waals surface area contributed by atoms with E-state index < -0.39 is 18.4 Å². The number of aliphatic carboxylic acids is 2. The summed E-state index contributed by atoms with van der Waals surface area (Å²) in [6.45, 7) is 0. The number of carboxylic acids is 2. The topological polar surface area (TPSA) is 74.6 Å². The van der Waals surface area contributed by atoms with E-state index in [-0.39, 0.29) is 5.57 Å². The van der Waals surface area contributed by atoms with Crippen molar-refractivity contribution in [2.45, 2.75) is 6.42 Å². The highest BCUT2D eigenvalue weighted by molar-refractivity contribution is 5.96. The van der Waals surface area contributed by atoms with Crippen LogP contribution in [0.5, 0.6) is 0 Å². The van der Waals surface area contributed by atoms with Crippen molar-refractivity contribution in [2.75, 3.05) is 0 Å². The normalized spacial score (nSPS) is 11.1. The summed E-state index contributed by atoms with van der Waals surface area (Å²) < 4.78 is 0. The first kappa shape index (κ1) is 11.0. The maximum absolute atomic E-state index is 10.7. The lowest BCUT2D eigenvalue weighted by Crippen LogP contribution is -2.06. The molecule has 2 N–H and O–H groups in total. The number of hydrogen-bond acceptors (Lipinski definition) is 2. The van der Waals surface area contributed by atoms with Gasteiger partial charge in [-0.3, -0.25) is 4.79 Å². The van der Waals surface area contributed by atoms with Crippen molar-refractivity contribution in [3.8, 4) is 0 Å². The number of benzene rings is 1. The highest BCUT2D eigenvalue weighted by Crippen LogP contribution is 2.09. The van der Waals surface area contributed by atoms with Gasteiger partial charge in [0.25, 0.3) is 0 Å². The van der Waals surface area contributed by atoms with Crippen LogP contribution in [0.2, 0.25) is 0 Å². The summed E-state index contributed by atoms with van der Waals surface area (Å²) in [5, 5.41) is 17.3. The quantitative estimate of drug-likeness (QED) is 0.734. The van der Waals surface area contributed by atoms with Crippen LogP contribution in [0.4, 0.5) is 0 Å². The third kappa shape index (κ3) is 3.64. The third-order valence-electron chi connectivity index (χ3n) is 1.76.